The van der Waals surface area contributed by atoms with Crippen LogP contribution in [0.5, 0.6) is 5.75 Å². The highest BCUT2D eigenvalue weighted by Crippen LogP contribution is 2.37. The molecule has 2 amide bonds. The van der Waals surface area contributed by atoms with Gasteiger partial charge in [0, 0.05) is 13.1 Å². The molecule has 0 saturated carbocycles. The van der Waals surface area contributed by atoms with Crippen molar-refractivity contribution >= 4 is 29.2 Å². The Labute approximate surface area is 174 Å². The third-order valence-electron chi connectivity index (χ3n) is 5.34. The van der Waals surface area contributed by atoms with E-state index in [0.717, 1.165) is 36.4 Å². The number of carbonyl (C=O) groups excluding carboxylic acids is 3. The van der Waals surface area contributed by atoms with Crippen LogP contribution in [0, 0.1) is 0 Å². The number of nitrogens with one attached hydrogen (secondary N) is 2. The van der Waals surface area contributed by atoms with Gasteiger partial charge in [-0.2, -0.15) is 0 Å². The Hall–Kier alpha value is -3.55. The van der Waals surface area contributed by atoms with Crippen molar-refractivity contribution < 1.29 is 23.9 Å². The molecule has 0 bridgehead atoms. The highest BCUT2D eigenvalue weighted by molar-refractivity contribution is 6.05. The van der Waals surface area contributed by atoms with Gasteiger partial charge in [0.15, 0.2) is 6.61 Å². The maximum atomic E-state index is 12.3. The number of amides is 2. The van der Waals surface area contributed by atoms with Crippen LogP contribution in [0.25, 0.3) is 0 Å². The summed E-state index contributed by atoms with van der Waals surface area (Å²) in [4.78, 5) is 38.6. The molecular weight excluding hydrogens is 386 g/mol. The molecular formula is C22H23N3O5. The topological polar surface area (TPSA) is 97.0 Å². The number of fused-ring (bicyclic) bond motifs is 3. The van der Waals surface area contributed by atoms with Gasteiger partial charge in [0.25, 0.3) is 5.91 Å². The molecule has 2 N–H and O–H groups in total. The maximum Gasteiger partial charge on any atom is 0.338 e. The van der Waals surface area contributed by atoms with Crippen molar-refractivity contribution in [2.75, 3.05) is 30.5 Å². The number of nitrogens with zero attached hydrogens (tertiary/aromatic N) is 1. The zero-order chi connectivity index (χ0) is 21.1. The minimum Gasteiger partial charge on any atom is -0.497 e. The minimum atomic E-state index is -0.616. The normalized spacial score (nSPS) is 16.9. The average molecular weight is 409 g/mol. The highest BCUT2D eigenvalue weighted by atomic mass is 16.5. The molecule has 0 radical (unpaired) electrons. The summed E-state index contributed by atoms with van der Waals surface area (Å²) in [7, 11) is 1.59. The van der Waals surface area contributed by atoms with Crippen LogP contribution in [0.4, 0.5) is 11.4 Å². The SMILES string of the molecule is COc1ccc(CNC(=O)COC(=O)c2ccc3c(c2)NC(=O)[C@H]2CCCN32)cc1. The van der Waals surface area contributed by atoms with Crippen LogP contribution in [0.15, 0.2) is 42.5 Å². The molecule has 2 aromatic rings. The second-order valence-electron chi connectivity index (χ2n) is 7.27. The highest BCUT2D eigenvalue weighted by Gasteiger charge is 2.36. The largest absolute Gasteiger partial charge is 0.497 e. The molecule has 1 saturated heterocycles. The Morgan fingerprint density at radius 2 is 2.00 bits per heavy atom. The van der Waals surface area contributed by atoms with Crippen molar-refractivity contribution in [1.82, 2.24) is 5.32 Å². The molecule has 0 aromatic heterocycles. The van der Waals surface area contributed by atoms with Crippen LogP contribution in [0.2, 0.25) is 0 Å². The van der Waals surface area contributed by atoms with Gasteiger partial charge in [-0.3, -0.25) is 9.59 Å². The number of esters is 1. The van der Waals surface area contributed by atoms with Crippen molar-refractivity contribution in [3.8, 4) is 5.75 Å². The number of hydrogen-bond acceptors (Lipinski definition) is 6. The fourth-order valence-corrected chi connectivity index (χ4v) is 3.77. The van der Waals surface area contributed by atoms with E-state index in [1.165, 1.54) is 0 Å². The van der Waals surface area contributed by atoms with Gasteiger partial charge in [-0.05, 0) is 48.7 Å². The van der Waals surface area contributed by atoms with Crippen molar-refractivity contribution in [2.45, 2.75) is 25.4 Å². The summed E-state index contributed by atoms with van der Waals surface area (Å²) in [5, 5.41) is 5.57. The van der Waals surface area contributed by atoms with Crippen molar-refractivity contribution in [1.29, 1.82) is 0 Å². The standard InChI is InChI=1S/C22H23N3O5/c1-29-16-7-4-14(5-8-16)12-23-20(26)13-30-22(28)15-6-9-18-17(11-15)24-21(27)19-3-2-10-25(18)19/h4-9,11,19H,2-3,10,12-13H2,1H3,(H,23,26)(H,24,27)/t19-/m1/s1. The number of benzene rings is 2. The first kappa shape index (κ1) is 19.8. The Balaban J connectivity index is 1.31. The second-order valence-corrected chi connectivity index (χ2v) is 7.27. The molecule has 0 aliphatic carbocycles. The molecule has 2 heterocycles. The van der Waals surface area contributed by atoms with E-state index in [1.54, 1.807) is 31.4 Å². The predicted molar refractivity (Wildman–Crippen MR) is 111 cm³/mol. The van der Waals surface area contributed by atoms with Gasteiger partial charge in [-0.15, -0.1) is 0 Å². The van der Waals surface area contributed by atoms with E-state index in [4.69, 9.17) is 9.47 Å². The lowest BCUT2D eigenvalue weighted by atomic mass is 10.1. The van der Waals surface area contributed by atoms with E-state index in [9.17, 15) is 14.4 Å². The number of rotatable bonds is 6. The quantitative estimate of drug-likeness (QED) is 0.709. The van der Waals surface area contributed by atoms with Gasteiger partial charge in [-0.25, -0.2) is 4.79 Å². The first-order valence-corrected chi connectivity index (χ1v) is 9.83. The molecule has 0 spiro atoms. The molecule has 8 heteroatoms. The number of anilines is 2. The second kappa shape index (κ2) is 8.44. The fraction of sp³-hybridized carbons (Fsp3) is 0.318. The van der Waals surface area contributed by atoms with E-state index >= 15 is 0 Å². The maximum absolute atomic E-state index is 12.3. The van der Waals surface area contributed by atoms with E-state index in [0.29, 0.717) is 12.2 Å². The van der Waals surface area contributed by atoms with Crippen molar-refractivity contribution in [3.05, 3.63) is 53.6 Å². The number of carbonyl (C=O) groups is 3. The average Bonchev–Trinajstić information content (AvgIpc) is 3.27. The molecule has 2 aromatic carbocycles. The lowest BCUT2D eigenvalue weighted by Crippen LogP contribution is -2.43. The number of hydrogen-bond donors (Lipinski definition) is 2. The van der Waals surface area contributed by atoms with Gasteiger partial charge in [0.05, 0.1) is 24.0 Å². The third kappa shape index (κ3) is 4.07. The van der Waals surface area contributed by atoms with Crippen LogP contribution in [0.3, 0.4) is 0 Å². The summed E-state index contributed by atoms with van der Waals surface area (Å²) in [5.74, 6) is -0.329. The Bertz CT molecular complexity index is 973. The van der Waals surface area contributed by atoms with Gasteiger partial charge in [0.1, 0.15) is 11.8 Å². The van der Waals surface area contributed by atoms with E-state index in [2.05, 4.69) is 15.5 Å². The smallest absolute Gasteiger partial charge is 0.338 e. The molecule has 4 rings (SSSR count). The van der Waals surface area contributed by atoms with Crippen LogP contribution in [-0.4, -0.2) is 44.1 Å². The molecule has 156 valence electrons. The van der Waals surface area contributed by atoms with Gasteiger partial charge in [0.2, 0.25) is 5.91 Å². The molecule has 1 fully saturated rings. The third-order valence-corrected chi connectivity index (χ3v) is 5.34. The van der Waals surface area contributed by atoms with Crippen LogP contribution < -0.4 is 20.3 Å². The van der Waals surface area contributed by atoms with Gasteiger partial charge >= 0.3 is 5.97 Å². The molecule has 2 aliphatic heterocycles. The number of methoxy groups -OCH3 is 1. The monoisotopic (exact) mass is 409 g/mol. The molecule has 8 nitrogen and oxygen atoms in total. The molecule has 2 aliphatic rings. The van der Waals surface area contributed by atoms with Crippen LogP contribution >= 0.6 is 0 Å². The summed E-state index contributed by atoms with van der Waals surface area (Å²) in [6.45, 7) is 0.762. The first-order valence-electron chi connectivity index (χ1n) is 9.83. The lowest BCUT2D eigenvalue weighted by Gasteiger charge is -2.33. The van der Waals surface area contributed by atoms with E-state index in [-0.39, 0.29) is 24.1 Å². The van der Waals surface area contributed by atoms with Gasteiger partial charge in [-0.1, -0.05) is 12.1 Å². The Morgan fingerprint density at radius 3 is 2.77 bits per heavy atom. The predicted octanol–water partition coefficient (Wildman–Crippen LogP) is 2.09. The summed E-state index contributed by atoms with van der Waals surface area (Å²) in [5.41, 5.74) is 2.69. The first-order chi connectivity index (χ1) is 14.5. The molecule has 1 atom stereocenters. The summed E-state index contributed by atoms with van der Waals surface area (Å²) < 4.78 is 10.2. The number of ether oxygens (including phenoxy) is 2. The summed E-state index contributed by atoms with van der Waals surface area (Å²) >= 11 is 0. The summed E-state index contributed by atoms with van der Waals surface area (Å²) in [6, 6.07) is 12.2. The zero-order valence-corrected chi connectivity index (χ0v) is 16.6. The van der Waals surface area contributed by atoms with Crippen LogP contribution in [-0.2, 0) is 20.9 Å². The van der Waals surface area contributed by atoms with E-state index in [1.807, 2.05) is 18.2 Å². The molecule has 30 heavy (non-hydrogen) atoms. The lowest BCUT2D eigenvalue weighted by molar-refractivity contribution is -0.124. The van der Waals surface area contributed by atoms with Crippen LogP contribution in [0.1, 0.15) is 28.8 Å². The fourth-order valence-electron chi connectivity index (χ4n) is 3.77. The minimum absolute atomic E-state index is 0.0524. The Morgan fingerprint density at radius 1 is 1.20 bits per heavy atom. The molecule has 0 unspecified atom stereocenters. The zero-order valence-electron chi connectivity index (χ0n) is 16.6. The Kier molecular flexibility index (Phi) is 5.56. The van der Waals surface area contributed by atoms with Gasteiger partial charge < -0.3 is 25.0 Å². The van der Waals surface area contributed by atoms with E-state index < -0.39 is 11.9 Å². The van der Waals surface area contributed by atoms with Crippen molar-refractivity contribution in [2.24, 2.45) is 0 Å². The van der Waals surface area contributed by atoms with Crippen molar-refractivity contribution in [3.63, 3.8) is 0 Å². The summed E-state index contributed by atoms with van der Waals surface area (Å²) in [6.07, 6.45) is 1.80.